The summed E-state index contributed by atoms with van der Waals surface area (Å²) < 4.78 is 19.1. The molecule has 0 amide bonds. The van der Waals surface area contributed by atoms with Crippen LogP contribution in [0.15, 0.2) is 144 Å². The SMILES string of the molecule is [Ir].[c-]1ccc2c(oc3cc4c(cc32)Oc2cccc3c2B4c2ccccc2O3)c1-c1ccccn1.[c-]1ccccc1-c1ccccn1. The van der Waals surface area contributed by atoms with E-state index in [1.807, 2.05) is 103 Å². The topological polar surface area (TPSA) is 57.4 Å². The standard InChI is InChI=1S/C29H15BNO3.C11H8N.Ir/c1-2-11-23-20(9-1)30-21-16-26-19(15-27(21)33-25-13-6-12-24(32-23)28(25)30)17-7-5-8-18(29(17)34-26)22-10-3-4-14-31-22;1-2-6-10(7-3-1)11-8-4-5-9-12-11;/h1-7,9-16H;1-6,8-9H;/q2*-1;. The van der Waals surface area contributed by atoms with Gasteiger partial charge in [-0.3, -0.25) is 0 Å². The molecule has 2 aliphatic rings. The van der Waals surface area contributed by atoms with Crippen molar-refractivity contribution < 1.29 is 34.0 Å². The molecule has 0 aliphatic carbocycles. The second-order valence-corrected chi connectivity index (χ2v) is 11.1. The summed E-state index contributed by atoms with van der Waals surface area (Å²) in [6, 6.07) is 48.4. The van der Waals surface area contributed by atoms with E-state index in [9.17, 15) is 0 Å². The first-order valence-electron chi connectivity index (χ1n) is 15.1. The molecule has 0 bridgehead atoms. The number of pyridine rings is 2. The third-order valence-electron chi connectivity index (χ3n) is 8.43. The molecule has 0 fully saturated rings. The summed E-state index contributed by atoms with van der Waals surface area (Å²) in [5, 5.41) is 2.03. The normalized spacial score (nSPS) is 12.0. The molecule has 0 unspecified atom stereocenters. The zero-order chi connectivity index (χ0) is 30.5. The zero-order valence-corrected chi connectivity index (χ0v) is 27.2. The van der Waals surface area contributed by atoms with Gasteiger partial charge < -0.3 is 23.9 Å². The molecule has 3 aromatic heterocycles. The fraction of sp³-hybridized carbons (Fsp3) is 0. The Kier molecular flexibility index (Phi) is 7.41. The van der Waals surface area contributed by atoms with E-state index in [0.29, 0.717) is 0 Å². The molecule has 7 heteroatoms. The molecule has 0 saturated carbocycles. The van der Waals surface area contributed by atoms with E-state index in [-0.39, 0.29) is 26.8 Å². The molecule has 225 valence electrons. The van der Waals surface area contributed by atoms with Crippen molar-refractivity contribution in [2.75, 3.05) is 0 Å². The van der Waals surface area contributed by atoms with Crippen LogP contribution in [-0.4, -0.2) is 16.7 Å². The summed E-state index contributed by atoms with van der Waals surface area (Å²) >= 11 is 0. The maximum absolute atomic E-state index is 6.46. The van der Waals surface area contributed by atoms with Gasteiger partial charge in [-0.15, -0.1) is 54.1 Å². The first-order chi connectivity index (χ1) is 22.8. The average Bonchev–Trinajstić information content (AvgIpc) is 3.49. The monoisotopic (exact) mass is 783 g/mol. The van der Waals surface area contributed by atoms with Gasteiger partial charge in [0.15, 0.2) is 0 Å². The zero-order valence-electron chi connectivity index (χ0n) is 24.8. The van der Waals surface area contributed by atoms with E-state index in [1.165, 1.54) is 0 Å². The molecule has 10 rings (SSSR count). The Bertz CT molecular complexity index is 2340. The van der Waals surface area contributed by atoms with Crippen molar-refractivity contribution in [3.05, 3.63) is 152 Å². The van der Waals surface area contributed by atoms with E-state index in [2.05, 4.69) is 46.4 Å². The summed E-state index contributed by atoms with van der Waals surface area (Å²) in [7, 11) is 0. The minimum atomic E-state index is 0. The minimum Gasteiger partial charge on any atom is -0.501 e. The van der Waals surface area contributed by atoms with E-state index in [1.54, 1.807) is 12.4 Å². The van der Waals surface area contributed by atoms with Crippen molar-refractivity contribution >= 4 is 45.0 Å². The molecule has 5 heterocycles. The summed E-state index contributed by atoms with van der Waals surface area (Å²) in [6.45, 7) is 0.0133. The largest absolute Gasteiger partial charge is 0.501 e. The number of hydrogen-bond acceptors (Lipinski definition) is 5. The smallest absolute Gasteiger partial charge is 0.260 e. The van der Waals surface area contributed by atoms with Crippen LogP contribution >= 0.6 is 0 Å². The number of fused-ring (bicyclic) bond motifs is 7. The molecule has 0 spiro atoms. The van der Waals surface area contributed by atoms with Crippen molar-refractivity contribution in [1.82, 2.24) is 9.97 Å². The number of hydrogen-bond donors (Lipinski definition) is 0. The van der Waals surface area contributed by atoms with E-state index >= 15 is 0 Å². The Hall–Kier alpha value is -5.49. The van der Waals surface area contributed by atoms with Crippen LogP contribution < -0.4 is 25.9 Å². The molecule has 0 N–H and O–H groups in total. The van der Waals surface area contributed by atoms with Gasteiger partial charge in [-0.1, -0.05) is 59.5 Å². The van der Waals surface area contributed by atoms with Crippen LogP contribution in [0.1, 0.15) is 0 Å². The molecule has 5 nitrogen and oxygen atoms in total. The van der Waals surface area contributed by atoms with Crippen molar-refractivity contribution in [1.29, 1.82) is 0 Å². The number of furan rings is 1. The van der Waals surface area contributed by atoms with Crippen LogP contribution in [0.3, 0.4) is 0 Å². The molecule has 47 heavy (non-hydrogen) atoms. The van der Waals surface area contributed by atoms with Gasteiger partial charge in [0, 0.05) is 43.3 Å². The molecule has 1 radical (unpaired) electrons. The van der Waals surface area contributed by atoms with Crippen molar-refractivity contribution in [3.63, 3.8) is 0 Å². The van der Waals surface area contributed by atoms with E-state index in [4.69, 9.17) is 13.9 Å². The van der Waals surface area contributed by atoms with Crippen LogP contribution in [0, 0.1) is 12.1 Å². The predicted molar refractivity (Wildman–Crippen MR) is 182 cm³/mol. The third-order valence-corrected chi connectivity index (χ3v) is 8.43. The fourth-order valence-corrected chi connectivity index (χ4v) is 6.39. The molecular weight excluding hydrogens is 759 g/mol. The van der Waals surface area contributed by atoms with Crippen molar-refractivity contribution in [2.24, 2.45) is 0 Å². The molecule has 5 aromatic carbocycles. The average molecular weight is 783 g/mol. The number of aromatic nitrogens is 2. The Balaban J connectivity index is 0.000000212. The van der Waals surface area contributed by atoms with Gasteiger partial charge in [0.2, 0.25) is 0 Å². The van der Waals surface area contributed by atoms with Crippen LogP contribution in [0.5, 0.6) is 23.0 Å². The maximum atomic E-state index is 6.46. The maximum Gasteiger partial charge on any atom is 0.260 e. The van der Waals surface area contributed by atoms with Crippen LogP contribution in [-0.2, 0) is 20.1 Å². The number of ether oxygens (including phenoxy) is 2. The van der Waals surface area contributed by atoms with Gasteiger partial charge >= 0.3 is 0 Å². The van der Waals surface area contributed by atoms with Gasteiger partial charge in [0.25, 0.3) is 6.71 Å². The van der Waals surface area contributed by atoms with E-state index < -0.39 is 0 Å². The van der Waals surface area contributed by atoms with Crippen LogP contribution in [0.25, 0.3) is 44.5 Å². The number of nitrogens with zero attached hydrogens (tertiary/aromatic N) is 2. The Labute approximate surface area is 285 Å². The summed E-state index contributed by atoms with van der Waals surface area (Å²) in [5.41, 5.74) is 8.57. The second-order valence-electron chi connectivity index (χ2n) is 11.1. The number of rotatable bonds is 2. The molecule has 2 aliphatic heterocycles. The quantitative estimate of drug-likeness (QED) is 0.133. The van der Waals surface area contributed by atoms with Gasteiger partial charge in [-0.2, -0.15) is 0 Å². The molecule has 0 saturated heterocycles. The van der Waals surface area contributed by atoms with Gasteiger partial charge in [-0.25, -0.2) is 0 Å². The van der Waals surface area contributed by atoms with Gasteiger partial charge in [0.05, 0.1) is 5.58 Å². The molecular formula is C40H23BIrN2O3-2. The Morgan fingerprint density at radius 1 is 0.553 bits per heavy atom. The van der Waals surface area contributed by atoms with Crippen molar-refractivity contribution in [3.8, 4) is 45.5 Å². The van der Waals surface area contributed by atoms with Crippen LogP contribution in [0.2, 0.25) is 0 Å². The number of para-hydroxylation sites is 1. The minimum absolute atomic E-state index is 0. The first-order valence-corrected chi connectivity index (χ1v) is 15.1. The van der Waals surface area contributed by atoms with Crippen LogP contribution in [0.4, 0.5) is 0 Å². The first kappa shape index (κ1) is 29.0. The predicted octanol–water partition coefficient (Wildman–Crippen LogP) is 7.72. The summed E-state index contributed by atoms with van der Waals surface area (Å²) in [6.07, 6.45) is 3.57. The molecule has 0 atom stereocenters. The van der Waals surface area contributed by atoms with E-state index in [0.717, 1.165) is 83.8 Å². The van der Waals surface area contributed by atoms with Crippen molar-refractivity contribution in [2.45, 2.75) is 0 Å². The fourth-order valence-electron chi connectivity index (χ4n) is 6.39. The Morgan fingerprint density at radius 3 is 2.04 bits per heavy atom. The van der Waals surface area contributed by atoms with Gasteiger partial charge in [-0.05, 0) is 64.8 Å². The summed E-state index contributed by atoms with van der Waals surface area (Å²) in [4.78, 5) is 8.73. The third kappa shape index (κ3) is 5.01. The Morgan fingerprint density at radius 2 is 1.28 bits per heavy atom. The van der Waals surface area contributed by atoms with Gasteiger partial charge in [0.1, 0.15) is 28.6 Å². The second kappa shape index (κ2) is 12.0. The molecule has 8 aromatic rings. The summed E-state index contributed by atoms with van der Waals surface area (Å²) in [5.74, 6) is 3.39. The number of benzene rings is 5.